The van der Waals surface area contributed by atoms with Crippen molar-refractivity contribution in [2.45, 2.75) is 18.0 Å². The van der Waals surface area contributed by atoms with E-state index in [0.29, 0.717) is 22.1 Å². The standard InChI is InChI=1S/C24H23N3O6/c28-11-24(12-29)13-33-23(17-10-8-15-4-2-6-19(31)21(15)26-17)27(24)22(32)16-9-7-14-3-1-5-18(30)20(14)25-16/h1-10,22-23,28-32H,11-13H2/t22-,23+/m0/s1. The molecule has 0 saturated carbocycles. The number of phenols is 2. The summed E-state index contributed by atoms with van der Waals surface area (Å²) in [5.41, 5.74) is -0.0373. The SMILES string of the molecule is OCC1(CO)CO[C@H](c2ccc3cccc(O)c3n2)N1[C@@H](O)c1ccc2cccc(O)c2n1. The van der Waals surface area contributed by atoms with Crippen LogP contribution in [0.2, 0.25) is 0 Å². The van der Waals surface area contributed by atoms with Crippen molar-refractivity contribution in [2.75, 3.05) is 19.8 Å². The fraction of sp³-hybridized carbons (Fsp3) is 0.250. The Balaban J connectivity index is 1.61. The highest BCUT2D eigenvalue weighted by Gasteiger charge is 2.51. The molecular formula is C24H23N3O6. The Labute approximate surface area is 188 Å². The van der Waals surface area contributed by atoms with Crippen molar-refractivity contribution >= 4 is 21.8 Å². The van der Waals surface area contributed by atoms with Gasteiger partial charge in [0.05, 0.1) is 36.7 Å². The van der Waals surface area contributed by atoms with E-state index in [-0.39, 0.29) is 23.8 Å². The number of benzene rings is 2. The number of rotatable bonds is 5. The Bertz CT molecular complexity index is 1330. The molecule has 1 aliphatic rings. The number of aromatic nitrogens is 2. The number of fused-ring (bicyclic) bond motifs is 2. The Morgan fingerprint density at radius 2 is 1.48 bits per heavy atom. The first kappa shape index (κ1) is 21.5. The molecule has 0 unspecified atom stereocenters. The van der Waals surface area contributed by atoms with E-state index in [4.69, 9.17) is 4.74 Å². The molecule has 2 aromatic carbocycles. The lowest BCUT2D eigenvalue weighted by Gasteiger charge is -2.39. The van der Waals surface area contributed by atoms with Crippen molar-refractivity contribution in [3.63, 3.8) is 0 Å². The minimum atomic E-state index is -1.40. The quantitative estimate of drug-likeness (QED) is 0.309. The van der Waals surface area contributed by atoms with Crippen molar-refractivity contribution in [2.24, 2.45) is 0 Å². The van der Waals surface area contributed by atoms with Gasteiger partial charge >= 0.3 is 0 Å². The normalized spacial score (nSPS) is 19.3. The summed E-state index contributed by atoms with van der Waals surface area (Å²) >= 11 is 0. The number of hydrogen-bond acceptors (Lipinski definition) is 9. The molecule has 1 saturated heterocycles. The number of pyridine rings is 2. The zero-order valence-corrected chi connectivity index (χ0v) is 17.5. The molecule has 2 atom stereocenters. The summed E-state index contributed by atoms with van der Waals surface area (Å²) in [5, 5.41) is 53.6. The van der Waals surface area contributed by atoms with Crippen molar-refractivity contribution < 1.29 is 30.3 Å². The van der Waals surface area contributed by atoms with E-state index in [1.807, 2.05) is 6.07 Å². The Kier molecular flexibility index (Phi) is 5.35. The molecule has 4 aromatic rings. The lowest BCUT2D eigenvalue weighted by Crippen LogP contribution is -2.54. The van der Waals surface area contributed by atoms with E-state index in [1.54, 1.807) is 42.5 Å². The van der Waals surface area contributed by atoms with Gasteiger partial charge in [-0.2, -0.15) is 0 Å². The van der Waals surface area contributed by atoms with Gasteiger partial charge in [0.1, 0.15) is 22.5 Å². The molecule has 1 fully saturated rings. The average molecular weight is 449 g/mol. The predicted octanol–water partition coefficient (Wildman–Crippen LogP) is 1.94. The lowest BCUT2D eigenvalue weighted by atomic mass is 10.00. The van der Waals surface area contributed by atoms with Crippen LogP contribution in [-0.2, 0) is 4.74 Å². The first-order chi connectivity index (χ1) is 16.0. The number of ether oxygens (including phenoxy) is 1. The summed E-state index contributed by atoms with van der Waals surface area (Å²) in [6.45, 7) is -1.05. The summed E-state index contributed by atoms with van der Waals surface area (Å²) in [4.78, 5) is 10.4. The van der Waals surface area contributed by atoms with E-state index in [2.05, 4.69) is 9.97 Å². The summed E-state index contributed by atoms with van der Waals surface area (Å²) < 4.78 is 5.92. The molecule has 170 valence electrons. The van der Waals surface area contributed by atoms with Gasteiger partial charge < -0.3 is 30.3 Å². The van der Waals surface area contributed by atoms with Crippen LogP contribution in [0.1, 0.15) is 23.8 Å². The van der Waals surface area contributed by atoms with Gasteiger partial charge in [-0.1, -0.05) is 36.4 Å². The van der Waals surface area contributed by atoms with Crippen LogP contribution in [0.5, 0.6) is 11.5 Å². The molecule has 33 heavy (non-hydrogen) atoms. The Morgan fingerprint density at radius 3 is 2.12 bits per heavy atom. The van der Waals surface area contributed by atoms with Gasteiger partial charge in [0.2, 0.25) is 0 Å². The maximum absolute atomic E-state index is 11.4. The zero-order valence-electron chi connectivity index (χ0n) is 17.5. The summed E-state index contributed by atoms with van der Waals surface area (Å²) in [7, 11) is 0. The van der Waals surface area contributed by atoms with E-state index in [9.17, 15) is 25.5 Å². The number of nitrogens with zero attached hydrogens (tertiary/aromatic N) is 3. The second-order valence-corrected chi connectivity index (χ2v) is 8.15. The van der Waals surface area contributed by atoms with E-state index in [1.165, 1.54) is 17.0 Å². The van der Waals surface area contributed by atoms with Crippen LogP contribution in [0.25, 0.3) is 21.8 Å². The third-order valence-corrected chi connectivity index (χ3v) is 6.12. The maximum Gasteiger partial charge on any atom is 0.156 e. The van der Waals surface area contributed by atoms with E-state index in [0.717, 1.165) is 5.39 Å². The lowest BCUT2D eigenvalue weighted by molar-refractivity contribution is -0.123. The number of aliphatic hydroxyl groups is 3. The second kappa shape index (κ2) is 8.22. The topological polar surface area (TPSA) is 139 Å². The molecule has 9 nitrogen and oxygen atoms in total. The average Bonchev–Trinajstić information content (AvgIpc) is 3.24. The maximum atomic E-state index is 11.4. The minimum absolute atomic E-state index is 0.00157. The predicted molar refractivity (Wildman–Crippen MR) is 119 cm³/mol. The minimum Gasteiger partial charge on any atom is -0.506 e. The molecule has 9 heteroatoms. The van der Waals surface area contributed by atoms with Crippen molar-refractivity contribution in [3.8, 4) is 11.5 Å². The molecule has 1 aliphatic heterocycles. The van der Waals surface area contributed by atoms with Gasteiger partial charge in [-0.15, -0.1) is 0 Å². The molecule has 0 spiro atoms. The Hall–Kier alpha value is -3.34. The summed E-state index contributed by atoms with van der Waals surface area (Å²) in [5.74, 6) is -0.0280. The summed E-state index contributed by atoms with van der Waals surface area (Å²) in [6, 6.07) is 16.9. The van der Waals surface area contributed by atoms with Crippen LogP contribution < -0.4 is 0 Å². The van der Waals surface area contributed by atoms with Gasteiger partial charge in [-0.25, -0.2) is 14.9 Å². The second-order valence-electron chi connectivity index (χ2n) is 8.15. The van der Waals surface area contributed by atoms with Crippen LogP contribution in [-0.4, -0.2) is 65.8 Å². The fourth-order valence-corrected chi connectivity index (χ4v) is 4.27. The van der Waals surface area contributed by atoms with Crippen LogP contribution in [0, 0.1) is 0 Å². The first-order valence-electron chi connectivity index (χ1n) is 10.4. The van der Waals surface area contributed by atoms with Gasteiger partial charge in [-0.3, -0.25) is 0 Å². The molecule has 2 aromatic heterocycles. The van der Waals surface area contributed by atoms with Crippen LogP contribution in [0.15, 0.2) is 60.7 Å². The molecule has 0 amide bonds. The monoisotopic (exact) mass is 449 g/mol. The Morgan fingerprint density at radius 1 is 0.879 bits per heavy atom. The highest BCUT2D eigenvalue weighted by Crippen LogP contribution is 2.42. The van der Waals surface area contributed by atoms with Crippen LogP contribution in [0.4, 0.5) is 0 Å². The number of aliphatic hydroxyl groups excluding tert-OH is 3. The molecule has 0 aliphatic carbocycles. The van der Waals surface area contributed by atoms with Crippen molar-refractivity contribution in [1.29, 1.82) is 0 Å². The van der Waals surface area contributed by atoms with Crippen LogP contribution in [0.3, 0.4) is 0 Å². The van der Waals surface area contributed by atoms with E-state index < -0.39 is 31.2 Å². The third kappa shape index (κ3) is 3.47. The number of hydrogen-bond donors (Lipinski definition) is 5. The third-order valence-electron chi connectivity index (χ3n) is 6.12. The number of para-hydroxylation sites is 2. The van der Waals surface area contributed by atoms with E-state index >= 15 is 0 Å². The highest BCUT2D eigenvalue weighted by molar-refractivity contribution is 5.85. The molecule has 0 radical (unpaired) electrons. The summed E-state index contributed by atoms with van der Waals surface area (Å²) in [6.07, 6.45) is -2.34. The van der Waals surface area contributed by atoms with Gasteiger partial charge in [0, 0.05) is 10.8 Å². The van der Waals surface area contributed by atoms with Crippen LogP contribution >= 0.6 is 0 Å². The molecule has 0 bridgehead atoms. The van der Waals surface area contributed by atoms with Gasteiger partial charge in [0.15, 0.2) is 12.5 Å². The smallest absolute Gasteiger partial charge is 0.156 e. The molecule has 5 N–H and O–H groups in total. The highest BCUT2D eigenvalue weighted by atomic mass is 16.5. The molecular weight excluding hydrogens is 426 g/mol. The van der Waals surface area contributed by atoms with Crippen molar-refractivity contribution in [1.82, 2.24) is 14.9 Å². The fourth-order valence-electron chi connectivity index (χ4n) is 4.27. The first-order valence-corrected chi connectivity index (χ1v) is 10.4. The molecule has 3 heterocycles. The number of phenolic OH excluding ortho intramolecular Hbond substituents is 2. The molecule has 5 rings (SSSR count). The number of aromatic hydroxyl groups is 2. The van der Waals surface area contributed by atoms with Crippen molar-refractivity contribution in [3.05, 3.63) is 72.1 Å². The van der Waals surface area contributed by atoms with Gasteiger partial charge in [-0.05, 0) is 24.3 Å². The largest absolute Gasteiger partial charge is 0.506 e. The zero-order chi connectivity index (χ0) is 23.2. The van der Waals surface area contributed by atoms with Gasteiger partial charge in [0.25, 0.3) is 0 Å².